The van der Waals surface area contributed by atoms with Crippen LogP contribution in [0.3, 0.4) is 0 Å². The van der Waals surface area contributed by atoms with Gasteiger partial charge >= 0.3 is 6.18 Å². The number of hydrogen-bond donors (Lipinski definition) is 1. The second kappa shape index (κ2) is 12.6. The lowest BCUT2D eigenvalue weighted by molar-refractivity contribution is -0.144. The second-order valence-corrected chi connectivity index (χ2v) is 11.3. The number of amides is 2. The summed E-state index contributed by atoms with van der Waals surface area (Å²) in [4.78, 5) is 29.6. The Balaban J connectivity index is 1.54. The van der Waals surface area contributed by atoms with Gasteiger partial charge in [0.15, 0.2) is 5.69 Å². The number of methoxy groups -OCH3 is 1. The van der Waals surface area contributed by atoms with Crippen molar-refractivity contribution in [2.75, 3.05) is 7.11 Å². The fourth-order valence-corrected chi connectivity index (χ4v) is 6.07. The minimum absolute atomic E-state index is 0.0158. The molecule has 0 unspecified atom stereocenters. The normalized spacial score (nSPS) is 16.1. The molecule has 0 bridgehead atoms. The van der Waals surface area contributed by atoms with Crippen molar-refractivity contribution in [1.82, 2.24) is 20.0 Å². The smallest absolute Gasteiger partial charge is 0.435 e. The second-order valence-electron chi connectivity index (χ2n) is 11.3. The Hall–Kier alpha value is -3.82. The summed E-state index contributed by atoms with van der Waals surface area (Å²) in [5.74, 6) is -0.193. The minimum Gasteiger partial charge on any atom is -0.497 e. The molecule has 0 spiro atoms. The van der Waals surface area contributed by atoms with Crippen molar-refractivity contribution in [3.63, 3.8) is 0 Å². The number of halogens is 3. The maximum absolute atomic E-state index is 14.2. The summed E-state index contributed by atoms with van der Waals surface area (Å²) in [5.41, 5.74) is 2.15. The van der Waals surface area contributed by atoms with E-state index >= 15 is 0 Å². The minimum atomic E-state index is -4.61. The molecule has 2 amide bonds. The molecule has 0 saturated heterocycles. The fourth-order valence-electron chi connectivity index (χ4n) is 6.07. The van der Waals surface area contributed by atoms with Crippen LogP contribution in [0.15, 0.2) is 48.5 Å². The Kier molecular flexibility index (Phi) is 8.89. The van der Waals surface area contributed by atoms with Gasteiger partial charge in [-0.05, 0) is 68.7 Å². The molecule has 1 N–H and O–H groups in total. The summed E-state index contributed by atoms with van der Waals surface area (Å²) in [7, 11) is 1.55. The van der Waals surface area contributed by atoms with Crippen LogP contribution in [0.5, 0.6) is 5.75 Å². The first-order valence-electron chi connectivity index (χ1n) is 14.6. The maximum atomic E-state index is 14.2. The number of ether oxygens (including phenoxy) is 1. The zero-order valence-corrected chi connectivity index (χ0v) is 24.0. The third-order valence-electron chi connectivity index (χ3n) is 8.30. The third-order valence-corrected chi connectivity index (χ3v) is 8.30. The number of rotatable bonds is 9. The van der Waals surface area contributed by atoms with E-state index in [0.717, 1.165) is 43.2 Å². The number of nitrogens with zero attached hydrogens (tertiary/aromatic N) is 3. The summed E-state index contributed by atoms with van der Waals surface area (Å²) in [5, 5.41) is 7.05. The molecule has 10 heteroatoms. The van der Waals surface area contributed by atoms with Gasteiger partial charge in [0.2, 0.25) is 11.8 Å². The highest BCUT2D eigenvalue weighted by Crippen LogP contribution is 2.36. The molecule has 1 fully saturated rings. The van der Waals surface area contributed by atoms with Crippen molar-refractivity contribution in [2.45, 2.75) is 89.6 Å². The number of hydrogen-bond acceptors (Lipinski definition) is 4. The Morgan fingerprint density at radius 1 is 1.02 bits per heavy atom. The number of carbonyl (C=O) groups excluding carboxylic acids is 2. The quantitative estimate of drug-likeness (QED) is 0.340. The first kappa shape index (κ1) is 29.7. The first-order valence-corrected chi connectivity index (χ1v) is 14.6. The summed E-state index contributed by atoms with van der Waals surface area (Å²) < 4.78 is 48.2. The highest BCUT2D eigenvalue weighted by atomic mass is 19.4. The van der Waals surface area contributed by atoms with Crippen LogP contribution >= 0.6 is 0 Å². The molecule has 7 nitrogen and oxygen atoms in total. The Morgan fingerprint density at radius 2 is 1.69 bits per heavy atom. The molecule has 0 aliphatic heterocycles. The molecule has 224 valence electrons. The van der Waals surface area contributed by atoms with Crippen molar-refractivity contribution in [1.29, 1.82) is 0 Å². The molecule has 5 rings (SSSR count). The zero-order chi connectivity index (χ0) is 29.9. The summed E-state index contributed by atoms with van der Waals surface area (Å²) >= 11 is 0. The van der Waals surface area contributed by atoms with Crippen molar-refractivity contribution < 1.29 is 27.5 Å². The highest BCUT2D eigenvalue weighted by Gasteiger charge is 2.40. The van der Waals surface area contributed by atoms with Crippen LogP contribution in [0.4, 0.5) is 13.2 Å². The molecule has 2 aliphatic carbocycles. The molecule has 42 heavy (non-hydrogen) atoms. The topological polar surface area (TPSA) is 76.5 Å². The molecule has 2 aliphatic rings. The molecule has 1 atom stereocenters. The predicted molar refractivity (Wildman–Crippen MR) is 152 cm³/mol. The van der Waals surface area contributed by atoms with Gasteiger partial charge in [-0.2, -0.15) is 18.3 Å². The molecule has 2 aromatic carbocycles. The molecule has 1 aromatic heterocycles. The average Bonchev–Trinajstić information content (AvgIpc) is 3.62. The average molecular weight is 583 g/mol. The largest absolute Gasteiger partial charge is 0.497 e. The summed E-state index contributed by atoms with van der Waals surface area (Å²) in [6.07, 6.45) is 1.26. The summed E-state index contributed by atoms with van der Waals surface area (Å²) in [6, 6.07) is 13.6. The summed E-state index contributed by atoms with van der Waals surface area (Å²) in [6.45, 7) is 1.66. The lowest BCUT2D eigenvalue weighted by atomic mass is 9.95. The number of aryl methyl sites for hydroxylation is 1. The van der Waals surface area contributed by atoms with Gasteiger partial charge in [0.1, 0.15) is 18.3 Å². The molecule has 1 saturated carbocycles. The van der Waals surface area contributed by atoms with Crippen LogP contribution in [-0.2, 0) is 41.7 Å². The van der Waals surface area contributed by atoms with Crippen LogP contribution in [0.1, 0.15) is 78.2 Å². The van der Waals surface area contributed by atoms with Gasteiger partial charge in [0.25, 0.3) is 0 Å². The van der Waals surface area contributed by atoms with E-state index in [1.807, 2.05) is 31.2 Å². The predicted octanol–water partition coefficient (Wildman–Crippen LogP) is 5.93. The number of alkyl halides is 3. The van der Waals surface area contributed by atoms with Crippen molar-refractivity contribution >= 4 is 11.8 Å². The monoisotopic (exact) mass is 582 g/mol. The molecular formula is C32H37F3N4O3. The number of nitrogens with one attached hydrogen (secondary N) is 1. The number of benzene rings is 2. The van der Waals surface area contributed by atoms with Gasteiger partial charge in [-0.25, -0.2) is 0 Å². The molecule has 3 aromatic rings. The van der Waals surface area contributed by atoms with Crippen LogP contribution in [0, 0.1) is 6.92 Å². The Morgan fingerprint density at radius 3 is 2.33 bits per heavy atom. The fraction of sp³-hybridized carbons (Fsp3) is 0.469. The van der Waals surface area contributed by atoms with Crippen LogP contribution in [-0.4, -0.2) is 39.6 Å². The van der Waals surface area contributed by atoms with Crippen molar-refractivity contribution in [3.05, 3.63) is 82.2 Å². The van der Waals surface area contributed by atoms with E-state index in [2.05, 4.69) is 10.4 Å². The highest BCUT2D eigenvalue weighted by molar-refractivity contribution is 5.89. The van der Waals surface area contributed by atoms with Gasteiger partial charge in [0.05, 0.1) is 7.11 Å². The van der Waals surface area contributed by atoms with E-state index in [0.29, 0.717) is 29.8 Å². The van der Waals surface area contributed by atoms with E-state index in [1.165, 1.54) is 9.58 Å². The van der Waals surface area contributed by atoms with E-state index in [4.69, 9.17) is 4.74 Å². The number of aromatic nitrogens is 2. The van der Waals surface area contributed by atoms with Gasteiger partial charge in [-0.15, -0.1) is 0 Å². The lowest BCUT2D eigenvalue weighted by Gasteiger charge is -2.33. The van der Waals surface area contributed by atoms with Crippen LogP contribution in [0.25, 0.3) is 0 Å². The van der Waals surface area contributed by atoms with E-state index in [-0.39, 0.29) is 30.5 Å². The maximum Gasteiger partial charge on any atom is 0.435 e. The van der Waals surface area contributed by atoms with Gasteiger partial charge < -0.3 is 15.0 Å². The van der Waals surface area contributed by atoms with Crippen LogP contribution < -0.4 is 10.1 Å². The van der Waals surface area contributed by atoms with E-state index in [1.54, 1.807) is 31.4 Å². The SMILES string of the molecule is COc1ccc([C@H](C(=O)NC2CCCC2)N(Cc2ccc(C)cc2)C(=O)Cn2nc(C(F)(F)F)c3c2CCCC3)cc1. The van der Waals surface area contributed by atoms with Gasteiger partial charge in [0, 0.05) is 23.8 Å². The zero-order valence-electron chi connectivity index (χ0n) is 24.0. The third kappa shape index (κ3) is 6.63. The number of carbonyl (C=O) groups is 2. The van der Waals surface area contributed by atoms with Crippen molar-refractivity contribution in [3.8, 4) is 5.75 Å². The van der Waals surface area contributed by atoms with E-state index in [9.17, 15) is 22.8 Å². The van der Waals surface area contributed by atoms with Gasteiger partial charge in [-0.3, -0.25) is 14.3 Å². The van der Waals surface area contributed by atoms with Crippen LogP contribution in [0.2, 0.25) is 0 Å². The van der Waals surface area contributed by atoms with Gasteiger partial charge in [-0.1, -0.05) is 54.8 Å². The standard InChI is InChI=1S/C32H37F3N4O3/c1-21-11-13-22(14-12-21)19-38(28(40)20-39-27-10-6-5-9-26(27)30(37-39)32(33,34)35)29(23-15-17-25(42-2)18-16-23)31(41)36-24-7-3-4-8-24/h11-18,24,29H,3-10,19-20H2,1-2H3,(H,36,41)/t29-/m1/s1. The molecule has 1 heterocycles. The Bertz CT molecular complexity index is 1390. The Labute approximate surface area is 244 Å². The number of fused-ring (bicyclic) bond motifs is 1. The molecular weight excluding hydrogens is 545 g/mol. The van der Waals surface area contributed by atoms with E-state index < -0.39 is 30.4 Å². The lowest BCUT2D eigenvalue weighted by Crippen LogP contribution is -2.46. The first-order chi connectivity index (χ1) is 20.1. The molecule has 0 radical (unpaired) electrons. The van der Waals surface area contributed by atoms with Crippen molar-refractivity contribution in [2.24, 2.45) is 0 Å².